The molecule has 2 aliphatic rings. The van der Waals surface area contributed by atoms with E-state index in [0.29, 0.717) is 28.6 Å². The van der Waals surface area contributed by atoms with Gasteiger partial charge in [-0.15, -0.1) is 0 Å². The van der Waals surface area contributed by atoms with E-state index in [4.69, 9.17) is 33.7 Å². The number of carbonyl (C=O) groups excluding carboxylic acids is 2. The average Bonchev–Trinajstić information content (AvgIpc) is 3.02. The van der Waals surface area contributed by atoms with Gasteiger partial charge < -0.3 is 20.9 Å². The quantitative estimate of drug-likeness (QED) is 0.545. The van der Waals surface area contributed by atoms with Crippen molar-refractivity contribution in [3.8, 4) is 5.75 Å². The molecular formula is C25H28Cl2N2O4. The van der Waals surface area contributed by atoms with Crippen molar-refractivity contribution < 1.29 is 19.4 Å². The minimum absolute atomic E-state index is 0.00796. The van der Waals surface area contributed by atoms with Crippen LogP contribution in [-0.2, 0) is 9.59 Å². The highest BCUT2D eigenvalue weighted by molar-refractivity contribution is 6.31. The van der Waals surface area contributed by atoms with Gasteiger partial charge in [0.2, 0.25) is 5.91 Å². The zero-order valence-electron chi connectivity index (χ0n) is 18.4. The van der Waals surface area contributed by atoms with Gasteiger partial charge in [-0.2, -0.15) is 0 Å². The molecule has 1 saturated heterocycles. The van der Waals surface area contributed by atoms with E-state index in [0.717, 1.165) is 17.5 Å². The molecule has 8 heteroatoms. The summed E-state index contributed by atoms with van der Waals surface area (Å²) in [6, 6.07) is 13.1. The fourth-order valence-corrected chi connectivity index (χ4v) is 6.42. The summed E-state index contributed by atoms with van der Waals surface area (Å²) in [7, 11) is 0. The lowest BCUT2D eigenvalue weighted by Gasteiger charge is -2.47. The Bertz CT molecular complexity index is 1050. The summed E-state index contributed by atoms with van der Waals surface area (Å²) in [5, 5.41) is 14.2. The van der Waals surface area contributed by atoms with Gasteiger partial charge in [-0.1, -0.05) is 41.4 Å². The Balaban J connectivity index is 1.77. The molecule has 1 saturated carbocycles. The SMILES string of the molecule is C[C@H]1NC(=O)[C@]2(CCO)CC[C@@H](c3ccc(OCC(N)=O)cc3Cl)[C@H](c3ccc(Cl)cc3)[C@H]12. The van der Waals surface area contributed by atoms with Gasteiger partial charge in [-0.3, -0.25) is 9.59 Å². The summed E-state index contributed by atoms with van der Waals surface area (Å²) < 4.78 is 5.41. The van der Waals surface area contributed by atoms with Crippen LogP contribution in [-0.4, -0.2) is 36.2 Å². The second-order valence-corrected chi connectivity index (χ2v) is 9.92. The smallest absolute Gasteiger partial charge is 0.255 e. The van der Waals surface area contributed by atoms with Crippen LogP contribution in [0.5, 0.6) is 5.75 Å². The maximum Gasteiger partial charge on any atom is 0.255 e. The number of nitrogens with one attached hydrogen (secondary N) is 1. The molecule has 2 aromatic carbocycles. The molecular weight excluding hydrogens is 463 g/mol. The number of ether oxygens (including phenoxy) is 1. The van der Waals surface area contributed by atoms with E-state index >= 15 is 0 Å². The molecule has 0 radical (unpaired) electrons. The van der Waals surface area contributed by atoms with E-state index < -0.39 is 11.3 Å². The maximum absolute atomic E-state index is 13.1. The van der Waals surface area contributed by atoms with Crippen molar-refractivity contribution in [1.29, 1.82) is 0 Å². The van der Waals surface area contributed by atoms with Crippen molar-refractivity contribution in [2.45, 2.75) is 44.1 Å². The van der Waals surface area contributed by atoms with Crippen molar-refractivity contribution in [2.75, 3.05) is 13.2 Å². The molecule has 4 N–H and O–H groups in total. The zero-order valence-corrected chi connectivity index (χ0v) is 19.9. The van der Waals surface area contributed by atoms with Gasteiger partial charge in [-0.05, 0) is 73.4 Å². The van der Waals surface area contributed by atoms with Gasteiger partial charge in [0, 0.05) is 28.6 Å². The Morgan fingerprint density at radius 1 is 1.24 bits per heavy atom. The van der Waals surface area contributed by atoms with Crippen molar-refractivity contribution >= 4 is 35.0 Å². The highest BCUT2D eigenvalue weighted by Crippen LogP contribution is 2.60. The Morgan fingerprint density at radius 2 is 1.97 bits per heavy atom. The van der Waals surface area contributed by atoms with Gasteiger partial charge in [0.25, 0.3) is 5.91 Å². The van der Waals surface area contributed by atoms with Crippen LogP contribution < -0.4 is 15.8 Å². The lowest BCUT2D eigenvalue weighted by molar-refractivity contribution is -0.132. The third-order valence-electron chi connectivity index (χ3n) is 7.27. The number of aliphatic hydroxyl groups excluding tert-OH is 1. The Hall–Kier alpha value is -2.28. The predicted molar refractivity (Wildman–Crippen MR) is 128 cm³/mol. The molecule has 0 unspecified atom stereocenters. The summed E-state index contributed by atoms with van der Waals surface area (Å²) >= 11 is 12.9. The number of carbonyl (C=O) groups is 2. The van der Waals surface area contributed by atoms with Gasteiger partial charge >= 0.3 is 0 Å². The van der Waals surface area contributed by atoms with Crippen LogP contribution in [0.1, 0.15) is 49.1 Å². The first-order chi connectivity index (χ1) is 15.8. The summed E-state index contributed by atoms with van der Waals surface area (Å²) in [6.07, 6.45) is 1.84. The molecule has 1 aliphatic carbocycles. The van der Waals surface area contributed by atoms with E-state index in [1.165, 1.54) is 0 Å². The topological polar surface area (TPSA) is 102 Å². The van der Waals surface area contributed by atoms with Crippen LogP contribution in [0.4, 0.5) is 0 Å². The van der Waals surface area contributed by atoms with Crippen LogP contribution >= 0.6 is 23.2 Å². The van der Waals surface area contributed by atoms with Crippen molar-refractivity contribution in [1.82, 2.24) is 5.32 Å². The van der Waals surface area contributed by atoms with E-state index in [9.17, 15) is 14.7 Å². The third kappa shape index (κ3) is 4.44. The van der Waals surface area contributed by atoms with E-state index in [1.807, 2.05) is 37.3 Å². The molecule has 0 aromatic heterocycles. The first-order valence-corrected chi connectivity index (χ1v) is 11.9. The Kier molecular flexibility index (Phi) is 6.89. The van der Waals surface area contributed by atoms with Gasteiger partial charge in [0.1, 0.15) is 5.75 Å². The lowest BCUT2D eigenvalue weighted by atomic mass is 9.54. The van der Waals surface area contributed by atoms with Crippen LogP contribution in [0.15, 0.2) is 42.5 Å². The molecule has 1 heterocycles. The molecule has 6 nitrogen and oxygen atoms in total. The number of primary amides is 1. The summed E-state index contributed by atoms with van der Waals surface area (Å²) in [6.45, 7) is 1.78. The Labute approximate surface area is 203 Å². The number of fused-ring (bicyclic) bond motifs is 1. The zero-order chi connectivity index (χ0) is 23.8. The third-order valence-corrected chi connectivity index (χ3v) is 7.85. The minimum atomic E-state index is -0.619. The highest BCUT2D eigenvalue weighted by atomic mass is 35.5. The average molecular weight is 491 g/mol. The van der Waals surface area contributed by atoms with E-state index in [2.05, 4.69) is 5.32 Å². The fourth-order valence-electron chi connectivity index (χ4n) is 5.98. The van der Waals surface area contributed by atoms with Crippen LogP contribution in [0.3, 0.4) is 0 Å². The monoisotopic (exact) mass is 490 g/mol. The van der Waals surface area contributed by atoms with Crippen LogP contribution in [0, 0.1) is 11.3 Å². The standard InChI is InChI=1S/C25H28Cl2N2O4/c1-14-23-22(15-2-4-16(26)5-3-15)19(8-9-25(23,10-11-30)24(32)29-14)18-7-6-17(12-20(18)27)33-13-21(28)31/h2-7,12,14,19,22-23,30H,8-11,13H2,1H3,(H2,28,31)(H,29,32)/t14-,19+,22+,23+,25+/m1/s1. The number of halogens is 2. The lowest BCUT2D eigenvalue weighted by Crippen LogP contribution is -2.44. The van der Waals surface area contributed by atoms with Gasteiger partial charge in [-0.25, -0.2) is 0 Å². The van der Waals surface area contributed by atoms with Crippen molar-refractivity contribution in [3.05, 3.63) is 63.6 Å². The highest BCUT2D eigenvalue weighted by Gasteiger charge is 2.59. The number of amides is 2. The van der Waals surface area contributed by atoms with Crippen LogP contribution in [0.25, 0.3) is 0 Å². The van der Waals surface area contributed by atoms with Crippen molar-refractivity contribution in [3.63, 3.8) is 0 Å². The molecule has 5 atom stereocenters. The molecule has 4 rings (SSSR count). The fraction of sp³-hybridized carbons (Fsp3) is 0.440. The largest absolute Gasteiger partial charge is 0.484 e. The van der Waals surface area contributed by atoms with E-state index in [-0.39, 0.29) is 42.9 Å². The van der Waals surface area contributed by atoms with E-state index in [1.54, 1.807) is 12.1 Å². The number of rotatable bonds is 7. The van der Waals surface area contributed by atoms with Crippen LogP contribution in [0.2, 0.25) is 10.0 Å². The normalized spacial score (nSPS) is 28.8. The molecule has 176 valence electrons. The number of aliphatic hydroxyl groups is 1. The summed E-state index contributed by atoms with van der Waals surface area (Å²) in [5.74, 6) is -0.0334. The summed E-state index contributed by atoms with van der Waals surface area (Å²) in [4.78, 5) is 24.2. The first-order valence-electron chi connectivity index (χ1n) is 11.1. The first kappa shape index (κ1) is 23.9. The molecule has 2 amide bonds. The molecule has 0 spiro atoms. The number of hydrogen-bond donors (Lipinski definition) is 3. The second-order valence-electron chi connectivity index (χ2n) is 9.08. The molecule has 0 bridgehead atoms. The van der Waals surface area contributed by atoms with Gasteiger partial charge in [0.05, 0.1) is 5.41 Å². The minimum Gasteiger partial charge on any atom is -0.484 e. The number of benzene rings is 2. The molecule has 2 aromatic rings. The number of hydrogen-bond acceptors (Lipinski definition) is 4. The predicted octanol–water partition coefficient (Wildman–Crippen LogP) is 4.02. The van der Waals surface area contributed by atoms with Gasteiger partial charge in [0.15, 0.2) is 6.61 Å². The second kappa shape index (κ2) is 9.53. The maximum atomic E-state index is 13.1. The molecule has 2 fully saturated rings. The molecule has 33 heavy (non-hydrogen) atoms. The molecule has 1 aliphatic heterocycles. The van der Waals surface area contributed by atoms with Crippen molar-refractivity contribution in [2.24, 2.45) is 17.1 Å². The number of nitrogens with two attached hydrogens (primary N) is 1. The summed E-state index contributed by atoms with van der Waals surface area (Å²) in [5.41, 5.74) is 6.61. The Morgan fingerprint density at radius 3 is 2.61 bits per heavy atom.